The van der Waals surface area contributed by atoms with E-state index in [-0.39, 0.29) is 6.04 Å². The number of aromatic nitrogens is 2. The molecule has 2 heterocycles. The summed E-state index contributed by atoms with van der Waals surface area (Å²) in [5.74, 6) is 0. The van der Waals surface area contributed by atoms with Crippen molar-refractivity contribution < 1.29 is 0 Å². The minimum absolute atomic E-state index is 0.212. The largest absolute Gasteiger partial charge is 0.305 e. The van der Waals surface area contributed by atoms with Crippen molar-refractivity contribution in [1.82, 2.24) is 15.5 Å². The molecule has 1 aliphatic rings. The van der Waals surface area contributed by atoms with E-state index in [0.717, 1.165) is 23.7 Å². The van der Waals surface area contributed by atoms with Gasteiger partial charge in [-0.05, 0) is 35.7 Å². The highest BCUT2D eigenvalue weighted by molar-refractivity contribution is 6.30. The topological polar surface area (TPSA) is 40.7 Å². The summed E-state index contributed by atoms with van der Waals surface area (Å²) in [5.41, 5.74) is 3.72. The fraction of sp³-hybridized carbons (Fsp3) is 0.250. The van der Waals surface area contributed by atoms with Crippen molar-refractivity contribution in [2.45, 2.75) is 12.5 Å². The lowest BCUT2D eigenvalue weighted by atomic mass is 9.93. The van der Waals surface area contributed by atoms with E-state index in [0.29, 0.717) is 0 Å². The summed E-state index contributed by atoms with van der Waals surface area (Å²) in [5, 5.41) is 11.3. The first-order valence-electron chi connectivity index (χ1n) is 5.35. The predicted molar refractivity (Wildman–Crippen MR) is 63.6 cm³/mol. The van der Waals surface area contributed by atoms with Crippen LogP contribution in [0.25, 0.3) is 0 Å². The zero-order valence-corrected chi connectivity index (χ0v) is 9.46. The summed E-state index contributed by atoms with van der Waals surface area (Å²) in [6.45, 7) is 0.969. The van der Waals surface area contributed by atoms with E-state index in [4.69, 9.17) is 11.6 Å². The lowest BCUT2D eigenvalue weighted by molar-refractivity contribution is 0.556. The summed E-state index contributed by atoms with van der Waals surface area (Å²) in [7, 11) is 0. The number of benzene rings is 1. The molecule has 16 heavy (non-hydrogen) atoms. The molecule has 0 spiro atoms. The van der Waals surface area contributed by atoms with Crippen LogP contribution in [0.3, 0.4) is 0 Å². The Bertz CT molecular complexity index is 493. The minimum atomic E-state index is 0.212. The molecule has 1 aliphatic heterocycles. The van der Waals surface area contributed by atoms with E-state index in [9.17, 15) is 0 Å². The van der Waals surface area contributed by atoms with Crippen molar-refractivity contribution in [1.29, 1.82) is 0 Å². The molecule has 2 aromatic rings. The fourth-order valence-corrected chi connectivity index (χ4v) is 2.43. The maximum absolute atomic E-state index is 6.01. The smallest absolute Gasteiger partial charge is 0.0748 e. The standard InChI is InChI=1S/C12H12ClN3/c13-9-1-2-10-8(7-9)3-5-14-12(10)11-4-6-15-16-11/h1-2,4,6-7,12,14H,3,5H2,(H,15,16). The van der Waals surface area contributed by atoms with Gasteiger partial charge in [0.1, 0.15) is 0 Å². The third-order valence-electron chi connectivity index (χ3n) is 2.99. The molecule has 0 bridgehead atoms. The van der Waals surface area contributed by atoms with E-state index in [1.54, 1.807) is 6.20 Å². The van der Waals surface area contributed by atoms with Crippen LogP contribution in [0, 0.1) is 0 Å². The second-order valence-electron chi connectivity index (χ2n) is 3.99. The van der Waals surface area contributed by atoms with Crippen LogP contribution in [-0.4, -0.2) is 16.7 Å². The highest BCUT2D eigenvalue weighted by atomic mass is 35.5. The molecule has 3 rings (SSSR count). The van der Waals surface area contributed by atoms with Crippen molar-refractivity contribution in [2.24, 2.45) is 0 Å². The Kier molecular flexibility index (Phi) is 2.42. The first-order chi connectivity index (χ1) is 7.84. The van der Waals surface area contributed by atoms with Gasteiger partial charge in [0, 0.05) is 17.8 Å². The van der Waals surface area contributed by atoms with E-state index in [2.05, 4.69) is 27.6 Å². The molecule has 0 amide bonds. The molecular formula is C12H12ClN3. The minimum Gasteiger partial charge on any atom is -0.305 e. The maximum atomic E-state index is 6.01. The van der Waals surface area contributed by atoms with Crippen LogP contribution < -0.4 is 5.32 Å². The van der Waals surface area contributed by atoms with Gasteiger partial charge in [-0.15, -0.1) is 0 Å². The number of halogens is 1. The number of rotatable bonds is 1. The normalized spacial score (nSPS) is 19.4. The second kappa shape index (κ2) is 3.92. The van der Waals surface area contributed by atoms with Crippen LogP contribution in [0.5, 0.6) is 0 Å². The third-order valence-corrected chi connectivity index (χ3v) is 3.23. The van der Waals surface area contributed by atoms with Gasteiger partial charge in [0.05, 0.1) is 11.7 Å². The number of nitrogens with zero attached hydrogens (tertiary/aromatic N) is 1. The predicted octanol–water partition coefficient (Wildman–Crippen LogP) is 2.30. The molecule has 1 atom stereocenters. The Morgan fingerprint density at radius 1 is 1.31 bits per heavy atom. The number of hydrogen-bond donors (Lipinski definition) is 2. The Hall–Kier alpha value is -1.32. The van der Waals surface area contributed by atoms with E-state index >= 15 is 0 Å². The summed E-state index contributed by atoms with van der Waals surface area (Å²) < 4.78 is 0. The molecule has 0 radical (unpaired) electrons. The molecule has 0 fully saturated rings. The maximum Gasteiger partial charge on any atom is 0.0748 e. The zero-order chi connectivity index (χ0) is 11.0. The van der Waals surface area contributed by atoms with Crippen LogP contribution in [0.1, 0.15) is 22.9 Å². The lowest BCUT2D eigenvalue weighted by Gasteiger charge is -2.26. The van der Waals surface area contributed by atoms with Gasteiger partial charge in [0.15, 0.2) is 0 Å². The van der Waals surface area contributed by atoms with Crippen LogP contribution in [-0.2, 0) is 6.42 Å². The number of H-pyrrole nitrogens is 1. The van der Waals surface area contributed by atoms with Crippen molar-refractivity contribution in [2.75, 3.05) is 6.54 Å². The van der Waals surface area contributed by atoms with Gasteiger partial charge in [-0.25, -0.2) is 0 Å². The second-order valence-corrected chi connectivity index (χ2v) is 4.43. The van der Waals surface area contributed by atoms with Gasteiger partial charge >= 0.3 is 0 Å². The van der Waals surface area contributed by atoms with Gasteiger partial charge in [0.2, 0.25) is 0 Å². The monoisotopic (exact) mass is 233 g/mol. The average molecular weight is 234 g/mol. The highest BCUT2D eigenvalue weighted by Crippen LogP contribution is 2.29. The SMILES string of the molecule is Clc1ccc2c(c1)CCNC2c1ccn[nH]1. The quantitative estimate of drug-likeness (QED) is 0.794. The van der Waals surface area contributed by atoms with Crippen molar-refractivity contribution in [3.05, 3.63) is 52.3 Å². The number of hydrogen-bond acceptors (Lipinski definition) is 2. The average Bonchev–Trinajstić information content (AvgIpc) is 2.81. The molecule has 2 N–H and O–H groups in total. The van der Waals surface area contributed by atoms with Crippen molar-refractivity contribution in [3.63, 3.8) is 0 Å². The van der Waals surface area contributed by atoms with Crippen LogP contribution in [0.4, 0.5) is 0 Å². The third kappa shape index (κ3) is 1.62. The molecule has 0 aliphatic carbocycles. The Balaban J connectivity index is 2.06. The van der Waals surface area contributed by atoms with Gasteiger partial charge in [-0.2, -0.15) is 5.10 Å². The lowest BCUT2D eigenvalue weighted by Crippen LogP contribution is -2.30. The van der Waals surface area contributed by atoms with Crippen molar-refractivity contribution >= 4 is 11.6 Å². The van der Waals surface area contributed by atoms with Crippen LogP contribution >= 0.6 is 11.6 Å². The summed E-state index contributed by atoms with van der Waals surface area (Å²) in [6, 6.07) is 8.30. The number of aromatic amines is 1. The number of fused-ring (bicyclic) bond motifs is 1. The zero-order valence-electron chi connectivity index (χ0n) is 8.70. The van der Waals surface area contributed by atoms with Crippen LogP contribution in [0.2, 0.25) is 5.02 Å². The van der Waals surface area contributed by atoms with Crippen molar-refractivity contribution in [3.8, 4) is 0 Å². The summed E-state index contributed by atoms with van der Waals surface area (Å²) >= 11 is 6.01. The van der Waals surface area contributed by atoms with Gasteiger partial charge in [0.25, 0.3) is 0 Å². The Labute approximate surface area is 98.8 Å². The molecule has 82 valence electrons. The Morgan fingerprint density at radius 2 is 2.25 bits per heavy atom. The molecular weight excluding hydrogens is 222 g/mol. The van der Waals surface area contributed by atoms with Gasteiger partial charge in [-0.3, -0.25) is 5.10 Å². The van der Waals surface area contributed by atoms with Gasteiger partial charge < -0.3 is 5.32 Å². The molecule has 4 heteroatoms. The number of nitrogens with one attached hydrogen (secondary N) is 2. The first-order valence-corrected chi connectivity index (χ1v) is 5.73. The molecule has 1 unspecified atom stereocenters. The molecule has 1 aromatic carbocycles. The van der Waals surface area contributed by atoms with E-state index < -0.39 is 0 Å². The summed E-state index contributed by atoms with van der Waals surface area (Å²) in [6.07, 6.45) is 2.81. The Morgan fingerprint density at radius 3 is 3.06 bits per heavy atom. The summed E-state index contributed by atoms with van der Waals surface area (Å²) in [4.78, 5) is 0. The molecule has 0 saturated carbocycles. The molecule has 3 nitrogen and oxygen atoms in total. The van der Waals surface area contributed by atoms with Crippen LogP contribution in [0.15, 0.2) is 30.5 Å². The van der Waals surface area contributed by atoms with E-state index in [1.165, 1.54) is 11.1 Å². The highest BCUT2D eigenvalue weighted by Gasteiger charge is 2.21. The van der Waals surface area contributed by atoms with E-state index in [1.807, 2.05) is 12.1 Å². The molecule has 1 aromatic heterocycles. The first kappa shape index (κ1) is 9.87. The van der Waals surface area contributed by atoms with Gasteiger partial charge in [-0.1, -0.05) is 17.7 Å². The fourth-order valence-electron chi connectivity index (χ4n) is 2.24. The molecule has 0 saturated heterocycles.